The van der Waals surface area contributed by atoms with E-state index in [0.29, 0.717) is 37.8 Å². The van der Waals surface area contributed by atoms with Gasteiger partial charge in [-0.3, -0.25) is 4.79 Å². The van der Waals surface area contributed by atoms with Gasteiger partial charge in [0, 0.05) is 11.3 Å². The zero-order valence-corrected chi connectivity index (χ0v) is 13.8. The maximum absolute atomic E-state index is 12.7. The van der Waals surface area contributed by atoms with Gasteiger partial charge in [-0.15, -0.1) is 0 Å². The summed E-state index contributed by atoms with van der Waals surface area (Å²) in [5, 5.41) is 0.332. The number of carbonyl (C=O) groups excluding carboxylic acids is 1. The van der Waals surface area contributed by atoms with Gasteiger partial charge in [-0.2, -0.15) is 0 Å². The fourth-order valence-corrected chi connectivity index (χ4v) is 2.59. The molecule has 2 N–H and O–H groups in total. The first-order chi connectivity index (χ1) is 9.97. The number of rotatable bonds is 4. The fraction of sp³-hybridized carbons (Fsp3) is 0.133. The van der Waals surface area contributed by atoms with Crippen molar-refractivity contribution >= 4 is 39.0 Å². The molecule has 0 aliphatic heterocycles. The SMILES string of the molecule is COc1cc(C(=O)c2cc(N)ccc2Cl)c(OC)cc1Br. The van der Waals surface area contributed by atoms with Crippen LogP contribution in [-0.2, 0) is 0 Å². The molecule has 2 aromatic rings. The molecule has 0 saturated heterocycles. The number of carbonyl (C=O) groups is 1. The Morgan fingerprint density at radius 3 is 2.38 bits per heavy atom. The van der Waals surface area contributed by atoms with Gasteiger partial charge >= 0.3 is 0 Å². The van der Waals surface area contributed by atoms with E-state index in [1.807, 2.05) is 0 Å². The highest BCUT2D eigenvalue weighted by Gasteiger charge is 2.20. The van der Waals surface area contributed by atoms with Crippen molar-refractivity contribution in [3.05, 3.63) is 51.0 Å². The summed E-state index contributed by atoms with van der Waals surface area (Å²) in [5.41, 5.74) is 6.85. The Morgan fingerprint density at radius 2 is 1.76 bits per heavy atom. The molecule has 0 unspecified atom stereocenters. The Labute approximate surface area is 135 Å². The molecule has 0 aromatic heterocycles. The zero-order chi connectivity index (χ0) is 15.6. The summed E-state index contributed by atoms with van der Waals surface area (Å²) >= 11 is 9.44. The molecule has 0 saturated carbocycles. The van der Waals surface area contributed by atoms with Crippen molar-refractivity contribution in [1.82, 2.24) is 0 Å². The molecule has 0 amide bonds. The van der Waals surface area contributed by atoms with Crippen LogP contribution in [0.5, 0.6) is 11.5 Å². The molecule has 110 valence electrons. The molecule has 2 rings (SSSR count). The second-order valence-electron chi connectivity index (χ2n) is 4.26. The second-order valence-corrected chi connectivity index (χ2v) is 5.52. The number of benzene rings is 2. The Balaban J connectivity index is 2.59. The summed E-state index contributed by atoms with van der Waals surface area (Å²) in [5.74, 6) is 0.667. The highest BCUT2D eigenvalue weighted by atomic mass is 79.9. The fourth-order valence-electron chi connectivity index (χ4n) is 1.90. The largest absolute Gasteiger partial charge is 0.496 e. The van der Waals surface area contributed by atoms with E-state index < -0.39 is 0 Å². The number of nitrogens with two attached hydrogens (primary N) is 1. The van der Waals surface area contributed by atoms with Crippen LogP contribution in [0.2, 0.25) is 5.02 Å². The van der Waals surface area contributed by atoms with Crippen molar-refractivity contribution in [2.24, 2.45) is 0 Å². The van der Waals surface area contributed by atoms with Crippen LogP contribution in [-0.4, -0.2) is 20.0 Å². The molecule has 6 heteroatoms. The molecule has 0 heterocycles. The number of ether oxygens (including phenoxy) is 2. The van der Waals surface area contributed by atoms with Crippen LogP contribution >= 0.6 is 27.5 Å². The molecule has 0 aliphatic carbocycles. The zero-order valence-electron chi connectivity index (χ0n) is 11.4. The van der Waals surface area contributed by atoms with Crippen LogP contribution in [0.1, 0.15) is 15.9 Å². The Bertz CT molecular complexity index is 704. The van der Waals surface area contributed by atoms with Crippen LogP contribution in [0.15, 0.2) is 34.8 Å². The topological polar surface area (TPSA) is 61.5 Å². The van der Waals surface area contributed by atoms with Crippen molar-refractivity contribution in [3.63, 3.8) is 0 Å². The number of methoxy groups -OCH3 is 2. The molecule has 0 bridgehead atoms. The predicted octanol–water partition coefficient (Wildman–Crippen LogP) is 3.93. The minimum absolute atomic E-state index is 0.282. The summed E-state index contributed by atoms with van der Waals surface area (Å²) in [4.78, 5) is 12.7. The minimum Gasteiger partial charge on any atom is -0.496 e. The lowest BCUT2D eigenvalue weighted by Gasteiger charge is -2.12. The first-order valence-corrected chi connectivity index (χ1v) is 7.16. The number of nitrogen functional groups attached to an aromatic ring is 1. The van der Waals surface area contributed by atoms with Crippen molar-refractivity contribution < 1.29 is 14.3 Å². The Morgan fingerprint density at radius 1 is 1.10 bits per heavy atom. The normalized spacial score (nSPS) is 10.3. The molecular weight excluding hydrogens is 358 g/mol. The van der Waals surface area contributed by atoms with E-state index in [1.54, 1.807) is 30.3 Å². The molecule has 0 atom stereocenters. The number of ketones is 1. The summed E-state index contributed by atoms with van der Waals surface area (Å²) in [6.07, 6.45) is 0. The molecule has 2 aromatic carbocycles. The second kappa shape index (κ2) is 6.37. The Hall–Kier alpha value is -1.72. The van der Waals surface area contributed by atoms with Gasteiger partial charge in [0.05, 0.1) is 29.3 Å². The average molecular weight is 371 g/mol. The van der Waals surface area contributed by atoms with Crippen LogP contribution in [0.25, 0.3) is 0 Å². The molecular formula is C15H13BrClNO3. The molecule has 0 fully saturated rings. The van der Waals surface area contributed by atoms with E-state index in [0.717, 1.165) is 0 Å². The lowest BCUT2D eigenvalue weighted by atomic mass is 10.0. The van der Waals surface area contributed by atoms with Gasteiger partial charge in [-0.25, -0.2) is 0 Å². The number of halogens is 2. The van der Waals surface area contributed by atoms with E-state index in [2.05, 4.69) is 15.9 Å². The highest BCUT2D eigenvalue weighted by molar-refractivity contribution is 9.10. The van der Waals surface area contributed by atoms with E-state index in [9.17, 15) is 4.79 Å². The van der Waals surface area contributed by atoms with Crippen molar-refractivity contribution in [2.75, 3.05) is 20.0 Å². The third-order valence-corrected chi connectivity index (χ3v) is 3.90. The van der Waals surface area contributed by atoms with E-state index in [1.165, 1.54) is 14.2 Å². The van der Waals surface area contributed by atoms with Crippen LogP contribution in [0, 0.1) is 0 Å². The standard InChI is InChI=1S/C15H13BrClNO3/c1-20-13-7-11(16)14(21-2)6-10(13)15(19)9-5-8(18)3-4-12(9)17/h3-7H,18H2,1-2H3. The van der Waals surface area contributed by atoms with Gasteiger partial charge in [0.1, 0.15) is 11.5 Å². The number of hydrogen-bond donors (Lipinski definition) is 1. The van der Waals surface area contributed by atoms with E-state index >= 15 is 0 Å². The summed E-state index contributed by atoms with van der Waals surface area (Å²) in [7, 11) is 3.01. The number of anilines is 1. The lowest BCUT2D eigenvalue weighted by Crippen LogP contribution is -2.06. The summed E-state index contributed by atoms with van der Waals surface area (Å²) in [6.45, 7) is 0. The third-order valence-electron chi connectivity index (χ3n) is 2.95. The van der Waals surface area contributed by atoms with E-state index in [-0.39, 0.29) is 5.78 Å². The molecule has 0 aliphatic rings. The van der Waals surface area contributed by atoms with Crippen LogP contribution in [0.3, 0.4) is 0 Å². The van der Waals surface area contributed by atoms with Crippen molar-refractivity contribution in [1.29, 1.82) is 0 Å². The predicted molar refractivity (Wildman–Crippen MR) is 86.5 cm³/mol. The first-order valence-electron chi connectivity index (χ1n) is 5.99. The molecule has 0 spiro atoms. The maximum atomic E-state index is 12.7. The smallest absolute Gasteiger partial charge is 0.198 e. The van der Waals surface area contributed by atoms with Gasteiger partial charge in [0.25, 0.3) is 0 Å². The molecule has 0 radical (unpaired) electrons. The lowest BCUT2D eigenvalue weighted by molar-refractivity contribution is 0.103. The first kappa shape index (κ1) is 15.7. The van der Waals surface area contributed by atoms with Gasteiger partial charge < -0.3 is 15.2 Å². The van der Waals surface area contributed by atoms with Crippen LogP contribution < -0.4 is 15.2 Å². The quantitative estimate of drug-likeness (QED) is 0.654. The van der Waals surface area contributed by atoms with Gasteiger partial charge in [0.2, 0.25) is 0 Å². The summed E-state index contributed by atoms with van der Waals surface area (Å²) < 4.78 is 11.2. The monoisotopic (exact) mass is 369 g/mol. The third kappa shape index (κ3) is 3.14. The summed E-state index contributed by atoms with van der Waals surface area (Å²) in [6, 6.07) is 8.04. The molecule has 4 nitrogen and oxygen atoms in total. The van der Waals surface area contributed by atoms with Crippen molar-refractivity contribution in [3.8, 4) is 11.5 Å². The van der Waals surface area contributed by atoms with Gasteiger partial charge in [-0.1, -0.05) is 11.6 Å². The van der Waals surface area contributed by atoms with Crippen molar-refractivity contribution in [2.45, 2.75) is 0 Å². The van der Waals surface area contributed by atoms with E-state index in [4.69, 9.17) is 26.8 Å². The Kier molecular flexibility index (Phi) is 4.75. The number of hydrogen-bond acceptors (Lipinski definition) is 4. The van der Waals surface area contributed by atoms with Gasteiger partial charge in [-0.05, 0) is 46.3 Å². The average Bonchev–Trinajstić information content (AvgIpc) is 2.48. The molecule has 21 heavy (non-hydrogen) atoms. The highest BCUT2D eigenvalue weighted by Crippen LogP contribution is 2.35. The maximum Gasteiger partial charge on any atom is 0.198 e. The van der Waals surface area contributed by atoms with Crippen LogP contribution in [0.4, 0.5) is 5.69 Å². The minimum atomic E-state index is -0.282. The van der Waals surface area contributed by atoms with Gasteiger partial charge in [0.15, 0.2) is 5.78 Å².